The maximum Gasteiger partial charge on any atom is 0.322 e. The Morgan fingerprint density at radius 1 is 1.00 bits per heavy atom. The highest BCUT2D eigenvalue weighted by molar-refractivity contribution is 6.30. The van der Waals surface area contributed by atoms with E-state index in [1.165, 1.54) is 0 Å². The minimum atomic E-state index is -0.159. The predicted molar refractivity (Wildman–Crippen MR) is 138 cm³/mol. The minimum absolute atomic E-state index is 0.0180. The van der Waals surface area contributed by atoms with Crippen LogP contribution in [0.4, 0.5) is 10.5 Å². The van der Waals surface area contributed by atoms with Crippen LogP contribution in [0.25, 0.3) is 0 Å². The quantitative estimate of drug-likeness (QED) is 0.633. The molecule has 2 fully saturated rings. The molecule has 2 aliphatic rings. The first kappa shape index (κ1) is 26.1. The van der Waals surface area contributed by atoms with Crippen molar-refractivity contribution in [2.75, 3.05) is 72.0 Å². The summed E-state index contributed by atoms with van der Waals surface area (Å²) >= 11 is 6.02. The number of ether oxygens (including phenoxy) is 3. The zero-order valence-electron chi connectivity index (χ0n) is 20.7. The van der Waals surface area contributed by atoms with Crippen molar-refractivity contribution >= 4 is 29.2 Å². The largest absolute Gasteiger partial charge is 0.493 e. The molecule has 0 spiro atoms. The van der Waals surface area contributed by atoms with Gasteiger partial charge in [-0.05, 0) is 49.4 Å². The van der Waals surface area contributed by atoms with Gasteiger partial charge in [0.2, 0.25) is 0 Å². The van der Waals surface area contributed by atoms with Gasteiger partial charge in [-0.15, -0.1) is 0 Å². The standard InChI is InChI=1S/C26H33ClN4O5/c1-34-23-8-7-19(15-24(23)35-2)25(32)30-10-4-9-29(11-12-30)17-22-18-31(13-14-36-22)26(33)28-21-6-3-5-20(27)16-21/h3,5-8,15-16,22H,4,9-14,17-18H2,1-2H3,(H,28,33)/t22-/m0/s1. The van der Waals surface area contributed by atoms with Crippen molar-refractivity contribution in [2.24, 2.45) is 0 Å². The number of halogens is 1. The Bertz CT molecular complexity index is 1070. The number of urea groups is 1. The van der Waals surface area contributed by atoms with Crippen molar-refractivity contribution < 1.29 is 23.8 Å². The zero-order chi connectivity index (χ0) is 25.5. The lowest BCUT2D eigenvalue weighted by atomic mass is 10.1. The summed E-state index contributed by atoms with van der Waals surface area (Å²) in [6, 6.07) is 12.2. The maximum absolute atomic E-state index is 13.1. The van der Waals surface area contributed by atoms with E-state index in [0.29, 0.717) is 67.1 Å². The van der Waals surface area contributed by atoms with Crippen molar-refractivity contribution in [2.45, 2.75) is 12.5 Å². The fraction of sp³-hybridized carbons (Fsp3) is 0.462. The van der Waals surface area contributed by atoms with E-state index >= 15 is 0 Å². The molecule has 0 unspecified atom stereocenters. The second-order valence-electron chi connectivity index (χ2n) is 8.90. The van der Waals surface area contributed by atoms with E-state index in [0.717, 1.165) is 19.5 Å². The SMILES string of the molecule is COc1ccc(C(=O)N2CCCN(C[C@H]3CN(C(=O)Nc4cccc(Cl)c4)CCO3)CC2)cc1OC. The smallest absolute Gasteiger partial charge is 0.322 e. The number of nitrogens with zero attached hydrogens (tertiary/aromatic N) is 3. The van der Waals surface area contributed by atoms with Crippen LogP contribution in [0.3, 0.4) is 0 Å². The van der Waals surface area contributed by atoms with Crippen molar-refractivity contribution in [3.63, 3.8) is 0 Å². The summed E-state index contributed by atoms with van der Waals surface area (Å²) in [6.07, 6.45) is 0.780. The first-order valence-corrected chi connectivity index (χ1v) is 12.5. The molecule has 10 heteroatoms. The number of amides is 3. The number of nitrogens with one attached hydrogen (secondary N) is 1. The van der Waals surface area contributed by atoms with E-state index in [9.17, 15) is 9.59 Å². The van der Waals surface area contributed by atoms with E-state index in [4.69, 9.17) is 25.8 Å². The van der Waals surface area contributed by atoms with E-state index in [1.807, 2.05) is 11.0 Å². The van der Waals surface area contributed by atoms with Gasteiger partial charge in [-0.25, -0.2) is 4.79 Å². The van der Waals surface area contributed by atoms with E-state index in [1.54, 1.807) is 55.5 Å². The molecule has 2 saturated heterocycles. The molecule has 3 amide bonds. The van der Waals surface area contributed by atoms with E-state index in [2.05, 4.69) is 10.2 Å². The number of methoxy groups -OCH3 is 2. The molecule has 2 aromatic rings. The number of carbonyl (C=O) groups excluding carboxylic acids is 2. The number of benzene rings is 2. The monoisotopic (exact) mass is 516 g/mol. The normalized spacial score (nSPS) is 18.9. The molecular weight excluding hydrogens is 484 g/mol. The highest BCUT2D eigenvalue weighted by Gasteiger charge is 2.28. The number of hydrogen-bond donors (Lipinski definition) is 1. The lowest BCUT2D eigenvalue weighted by molar-refractivity contribution is -0.0283. The van der Waals surface area contributed by atoms with Gasteiger partial charge in [-0.1, -0.05) is 17.7 Å². The van der Waals surface area contributed by atoms with Crippen LogP contribution in [0, 0.1) is 0 Å². The number of hydrogen-bond acceptors (Lipinski definition) is 6. The number of anilines is 1. The molecule has 36 heavy (non-hydrogen) atoms. The topological polar surface area (TPSA) is 83.6 Å². The molecule has 0 aromatic heterocycles. The van der Waals surface area contributed by atoms with Crippen molar-refractivity contribution in [3.8, 4) is 11.5 Å². The Hall–Kier alpha value is -3.01. The van der Waals surface area contributed by atoms with Crippen LogP contribution in [-0.2, 0) is 4.74 Å². The molecule has 0 radical (unpaired) electrons. The molecule has 1 atom stereocenters. The highest BCUT2D eigenvalue weighted by atomic mass is 35.5. The Labute approximate surface area is 216 Å². The Morgan fingerprint density at radius 3 is 2.61 bits per heavy atom. The summed E-state index contributed by atoms with van der Waals surface area (Å²) in [5.74, 6) is 1.12. The zero-order valence-corrected chi connectivity index (χ0v) is 21.5. The fourth-order valence-electron chi connectivity index (χ4n) is 4.58. The van der Waals surface area contributed by atoms with Crippen LogP contribution in [0.1, 0.15) is 16.8 Å². The van der Waals surface area contributed by atoms with Gasteiger partial charge in [0.1, 0.15) is 0 Å². The fourth-order valence-corrected chi connectivity index (χ4v) is 4.77. The van der Waals surface area contributed by atoms with Crippen LogP contribution in [0.15, 0.2) is 42.5 Å². The molecule has 1 N–H and O–H groups in total. The van der Waals surface area contributed by atoms with Crippen molar-refractivity contribution in [1.82, 2.24) is 14.7 Å². The van der Waals surface area contributed by atoms with Crippen LogP contribution < -0.4 is 14.8 Å². The maximum atomic E-state index is 13.1. The number of morpholine rings is 1. The molecule has 2 heterocycles. The average molecular weight is 517 g/mol. The first-order chi connectivity index (χ1) is 17.5. The molecule has 0 aliphatic carbocycles. The third-order valence-corrected chi connectivity index (χ3v) is 6.71. The molecular formula is C26H33ClN4O5. The third kappa shape index (κ3) is 6.60. The third-order valence-electron chi connectivity index (χ3n) is 6.47. The van der Waals surface area contributed by atoms with Gasteiger partial charge in [0.05, 0.1) is 26.9 Å². The average Bonchev–Trinajstić information content (AvgIpc) is 3.13. The Kier molecular flexibility index (Phi) is 8.90. The summed E-state index contributed by atoms with van der Waals surface area (Å²) in [6.45, 7) is 5.17. The van der Waals surface area contributed by atoms with E-state index < -0.39 is 0 Å². The van der Waals surface area contributed by atoms with Gasteiger partial charge in [-0.2, -0.15) is 0 Å². The number of rotatable bonds is 6. The summed E-state index contributed by atoms with van der Waals surface area (Å²) in [4.78, 5) is 31.9. The van der Waals surface area contributed by atoms with Gasteiger partial charge < -0.3 is 29.3 Å². The molecule has 4 rings (SSSR count). The number of carbonyl (C=O) groups is 2. The summed E-state index contributed by atoms with van der Waals surface area (Å²) in [5.41, 5.74) is 1.25. The van der Waals surface area contributed by atoms with Crippen LogP contribution in [-0.4, -0.2) is 99.4 Å². The Morgan fingerprint density at radius 2 is 1.83 bits per heavy atom. The summed E-state index contributed by atoms with van der Waals surface area (Å²) < 4.78 is 16.6. The first-order valence-electron chi connectivity index (χ1n) is 12.1. The molecule has 0 saturated carbocycles. The Balaban J connectivity index is 1.29. The molecule has 9 nitrogen and oxygen atoms in total. The minimum Gasteiger partial charge on any atom is -0.493 e. The van der Waals surface area contributed by atoms with Gasteiger partial charge >= 0.3 is 6.03 Å². The highest BCUT2D eigenvalue weighted by Crippen LogP contribution is 2.28. The van der Waals surface area contributed by atoms with Gasteiger partial charge in [0, 0.05) is 55.5 Å². The van der Waals surface area contributed by atoms with Gasteiger partial charge in [0.25, 0.3) is 5.91 Å². The second-order valence-corrected chi connectivity index (χ2v) is 9.33. The second kappa shape index (κ2) is 12.3. The van der Waals surface area contributed by atoms with Crippen LogP contribution in [0.5, 0.6) is 11.5 Å². The van der Waals surface area contributed by atoms with Gasteiger partial charge in [-0.3, -0.25) is 9.69 Å². The molecule has 0 bridgehead atoms. The van der Waals surface area contributed by atoms with Crippen LogP contribution >= 0.6 is 11.6 Å². The van der Waals surface area contributed by atoms with Gasteiger partial charge in [0.15, 0.2) is 11.5 Å². The summed E-state index contributed by atoms with van der Waals surface area (Å²) in [7, 11) is 3.13. The summed E-state index contributed by atoms with van der Waals surface area (Å²) in [5, 5.41) is 3.48. The van der Waals surface area contributed by atoms with E-state index in [-0.39, 0.29) is 18.0 Å². The van der Waals surface area contributed by atoms with Crippen LogP contribution in [0.2, 0.25) is 5.02 Å². The lowest BCUT2D eigenvalue weighted by Gasteiger charge is -2.35. The predicted octanol–water partition coefficient (Wildman–Crippen LogP) is 3.44. The molecule has 2 aromatic carbocycles. The van der Waals surface area contributed by atoms with Crippen molar-refractivity contribution in [3.05, 3.63) is 53.1 Å². The molecule has 194 valence electrons. The lowest BCUT2D eigenvalue weighted by Crippen LogP contribution is -2.51. The van der Waals surface area contributed by atoms with Crippen molar-refractivity contribution in [1.29, 1.82) is 0 Å². The molecule has 2 aliphatic heterocycles.